The van der Waals surface area contributed by atoms with Crippen molar-refractivity contribution in [2.75, 3.05) is 6.54 Å². The van der Waals surface area contributed by atoms with Gasteiger partial charge in [-0.1, -0.05) is 9.64 Å². The number of nitrogens with one attached hydrogen (secondary N) is 1. The van der Waals surface area contributed by atoms with Crippen molar-refractivity contribution in [2.24, 2.45) is 0 Å². The molecule has 0 bridgehead atoms. The number of hydrogen-bond donors (Lipinski definition) is 1. The Labute approximate surface area is 97.2 Å². The van der Waals surface area contributed by atoms with Crippen molar-refractivity contribution in [1.29, 1.82) is 0 Å². The Balaban J connectivity index is 1.59. The van der Waals surface area contributed by atoms with Crippen molar-refractivity contribution >= 4 is 11.5 Å². The molecule has 0 aliphatic rings. The fraction of sp³-hybridized carbons (Fsp3) is 0.556. The molecule has 0 spiro atoms. The fourth-order valence-electron chi connectivity index (χ4n) is 1.28. The number of aryl methyl sites for hydroxylation is 2. The van der Waals surface area contributed by atoms with Gasteiger partial charge in [0.25, 0.3) is 0 Å². The summed E-state index contributed by atoms with van der Waals surface area (Å²) in [6, 6.07) is 0. The van der Waals surface area contributed by atoms with Crippen molar-refractivity contribution in [1.82, 2.24) is 25.0 Å². The smallest absolute Gasteiger partial charge is 0.226 e. The van der Waals surface area contributed by atoms with Crippen LogP contribution in [0.4, 0.5) is 0 Å². The highest BCUT2D eigenvalue weighted by Gasteiger charge is 2.01. The van der Waals surface area contributed by atoms with Gasteiger partial charge in [0.2, 0.25) is 5.89 Å². The minimum atomic E-state index is 0.691. The number of nitrogens with zero attached hydrogens (tertiary/aromatic N) is 4. The lowest BCUT2D eigenvalue weighted by Crippen LogP contribution is -2.15. The lowest BCUT2D eigenvalue weighted by Gasteiger charge is -1.99. The van der Waals surface area contributed by atoms with E-state index < -0.39 is 0 Å². The van der Waals surface area contributed by atoms with Crippen molar-refractivity contribution in [3.63, 3.8) is 0 Å². The monoisotopic (exact) mass is 239 g/mol. The fourth-order valence-corrected chi connectivity index (χ4v) is 1.73. The molecule has 16 heavy (non-hydrogen) atoms. The Hall–Kier alpha value is -1.34. The molecule has 0 fully saturated rings. The Morgan fingerprint density at radius 3 is 3.12 bits per heavy atom. The summed E-state index contributed by atoms with van der Waals surface area (Å²) in [5.74, 6) is 1.39. The highest BCUT2D eigenvalue weighted by Crippen LogP contribution is 2.00. The van der Waals surface area contributed by atoms with E-state index >= 15 is 0 Å². The first-order valence-electron chi connectivity index (χ1n) is 5.10. The van der Waals surface area contributed by atoms with Gasteiger partial charge in [-0.2, -0.15) is 4.98 Å². The second-order valence-corrected chi connectivity index (χ2v) is 4.02. The van der Waals surface area contributed by atoms with E-state index in [1.54, 1.807) is 0 Å². The minimum Gasteiger partial charge on any atom is -0.339 e. The van der Waals surface area contributed by atoms with E-state index in [0.717, 1.165) is 31.6 Å². The summed E-state index contributed by atoms with van der Waals surface area (Å²) >= 11 is 1.37. The van der Waals surface area contributed by atoms with Crippen LogP contribution in [0.15, 0.2) is 9.90 Å². The van der Waals surface area contributed by atoms with Crippen molar-refractivity contribution in [3.8, 4) is 0 Å². The second kappa shape index (κ2) is 5.66. The van der Waals surface area contributed by atoms with E-state index in [2.05, 4.69) is 25.0 Å². The molecule has 2 rings (SSSR count). The zero-order valence-electron chi connectivity index (χ0n) is 9.01. The molecule has 6 nitrogen and oxygen atoms in total. The first-order chi connectivity index (χ1) is 7.84. The van der Waals surface area contributed by atoms with Gasteiger partial charge in [-0.3, -0.25) is 0 Å². The minimum absolute atomic E-state index is 0.691. The quantitative estimate of drug-likeness (QED) is 0.756. The van der Waals surface area contributed by atoms with Crippen LogP contribution in [0.1, 0.15) is 23.8 Å². The first kappa shape index (κ1) is 11.2. The predicted molar refractivity (Wildman–Crippen MR) is 59.0 cm³/mol. The van der Waals surface area contributed by atoms with Crippen molar-refractivity contribution in [2.45, 2.75) is 26.3 Å². The van der Waals surface area contributed by atoms with Crippen LogP contribution < -0.4 is 5.32 Å². The summed E-state index contributed by atoms with van der Waals surface area (Å²) in [6.45, 7) is 3.48. The van der Waals surface area contributed by atoms with E-state index in [9.17, 15) is 0 Å². The predicted octanol–water partition coefficient (Wildman–Crippen LogP) is 0.952. The molecule has 0 aromatic carbocycles. The lowest BCUT2D eigenvalue weighted by molar-refractivity contribution is 0.371. The van der Waals surface area contributed by atoms with Crippen LogP contribution in [0.25, 0.3) is 0 Å². The standard InChI is InChI=1S/C9H13N5OS/c1-7-11-9(15-13-7)3-2-4-10-5-8-6-16-14-12-8/h6,10H,2-5H2,1H3. The molecule has 0 aliphatic carbocycles. The normalized spacial score (nSPS) is 10.8. The molecule has 0 amide bonds. The molecule has 0 unspecified atom stereocenters. The first-order valence-corrected chi connectivity index (χ1v) is 5.94. The average molecular weight is 239 g/mol. The van der Waals surface area contributed by atoms with Gasteiger partial charge in [0.15, 0.2) is 5.82 Å². The maximum atomic E-state index is 5.01. The highest BCUT2D eigenvalue weighted by atomic mass is 32.1. The van der Waals surface area contributed by atoms with Gasteiger partial charge < -0.3 is 9.84 Å². The molecule has 1 N–H and O–H groups in total. The van der Waals surface area contributed by atoms with Crippen LogP contribution in [0.5, 0.6) is 0 Å². The molecular formula is C9H13N5OS. The van der Waals surface area contributed by atoms with E-state index in [0.29, 0.717) is 11.7 Å². The zero-order chi connectivity index (χ0) is 11.2. The van der Waals surface area contributed by atoms with Crippen LogP contribution in [-0.2, 0) is 13.0 Å². The molecule has 0 saturated heterocycles. The zero-order valence-corrected chi connectivity index (χ0v) is 9.83. The summed E-state index contributed by atoms with van der Waals surface area (Å²) in [4.78, 5) is 4.13. The SMILES string of the molecule is Cc1noc(CCCNCc2csnn2)n1. The molecule has 0 aliphatic heterocycles. The van der Waals surface area contributed by atoms with E-state index in [1.807, 2.05) is 12.3 Å². The summed E-state index contributed by atoms with van der Waals surface area (Å²) in [5, 5.41) is 12.9. The van der Waals surface area contributed by atoms with Crippen LogP contribution >= 0.6 is 11.5 Å². The van der Waals surface area contributed by atoms with Crippen LogP contribution in [-0.4, -0.2) is 26.3 Å². The molecule has 2 aromatic heterocycles. The van der Waals surface area contributed by atoms with Gasteiger partial charge in [0, 0.05) is 18.3 Å². The van der Waals surface area contributed by atoms with Gasteiger partial charge >= 0.3 is 0 Å². The van der Waals surface area contributed by atoms with E-state index in [1.165, 1.54) is 11.5 Å². The second-order valence-electron chi connectivity index (χ2n) is 3.41. The number of hydrogen-bond acceptors (Lipinski definition) is 7. The summed E-state index contributed by atoms with van der Waals surface area (Å²) in [6.07, 6.45) is 1.78. The Kier molecular flexibility index (Phi) is 3.95. The average Bonchev–Trinajstić information content (AvgIpc) is 2.89. The molecule has 0 radical (unpaired) electrons. The van der Waals surface area contributed by atoms with Gasteiger partial charge in [0.1, 0.15) is 0 Å². The maximum absolute atomic E-state index is 5.01. The summed E-state index contributed by atoms with van der Waals surface area (Å²) in [5.41, 5.74) is 0.985. The third kappa shape index (κ3) is 3.35. The van der Waals surface area contributed by atoms with Gasteiger partial charge in [0.05, 0.1) is 5.69 Å². The third-order valence-electron chi connectivity index (χ3n) is 2.03. The molecule has 2 heterocycles. The Bertz CT molecular complexity index is 413. The summed E-state index contributed by atoms with van der Waals surface area (Å²) in [7, 11) is 0. The van der Waals surface area contributed by atoms with E-state index in [-0.39, 0.29) is 0 Å². The molecule has 86 valence electrons. The van der Waals surface area contributed by atoms with Crippen LogP contribution in [0.2, 0.25) is 0 Å². The largest absolute Gasteiger partial charge is 0.339 e. The Morgan fingerprint density at radius 1 is 1.50 bits per heavy atom. The molecule has 0 saturated carbocycles. The van der Waals surface area contributed by atoms with Gasteiger partial charge in [-0.25, -0.2) is 0 Å². The third-order valence-corrected chi connectivity index (χ3v) is 2.58. The Morgan fingerprint density at radius 2 is 2.44 bits per heavy atom. The molecule has 7 heteroatoms. The topological polar surface area (TPSA) is 76.7 Å². The molecule has 0 atom stereocenters. The van der Waals surface area contributed by atoms with Crippen LogP contribution in [0.3, 0.4) is 0 Å². The van der Waals surface area contributed by atoms with Crippen molar-refractivity contribution < 1.29 is 4.52 Å². The lowest BCUT2D eigenvalue weighted by atomic mass is 10.3. The van der Waals surface area contributed by atoms with E-state index in [4.69, 9.17) is 4.52 Å². The van der Waals surface area contributed by atoms with Gasteiger partial charge in [-0.05, 0) is 31.4 Å². The van der Waals surface area contributed by atoms with Crippen LogP contribution in [0, 0.1) is 6.92 Å². The van der Waals surface area contributed by atoms with Gasteiger partial charge in [-0.15, -0.1) is 5.10 Å². The molecular weight excluding hydrogens is 226 g/mol. The number of rotatable bonds is 6. The number of aromatic nitrogens is 4. The molecule has 2 aromatic rings. The maximum Gasteiger partial charge on any atom is 0.226 e. The van der Waals surface area contributed by atoms with Crippen molar-refractivity contribution in [3.05, 3.63) is 22.8 Å². The summed E-state index contributed by atoms with van der Waals surface area (Å²) < 4.78 is 8.80. The highest BCUT2D eigenvalue weighted by molar-refractivity contribution is 7.03.